The van der Waals surface area contributed by atoms with Crippen LogP contribution in [0.3, 0.4) is 0 Å². The van der Waals surface area contributed by atoms with Crippen LogP contribution in [-0.2, 0) is 0 Å². The number of benzene rings is 9. The molecule has 52 heavy (non-hydrogen) atoms. The summed E-state index contributed by atoms with van der Waals surface area (Å²) in [6.45, 7) is 4.28. The van der Waals surface area contributed by atoms with Gasteiger partial charge in [0.05, 0.1) is 0 Å². The SMILES string of the molecule is Cc1ccc(N(c2ccc(C)cc2)c2ccc(-c3c4ccccc4c(-c4cccc5sc6ccccc6c45)c4cc5ccccc5cc34)cc2)cc1. The third-order valence-corrected chi connectivity index (χ3v) is 11.7. The van der Waals surface area contributed by atoms with E-state index in [9.17, 15) is 0 Å². The van der Waals surface area contributed by atoms with E-state index in [1.807, 2.05) is 11.3 Å². The Morgan fingerprint density at radius 1 is 0.385 bits per heavy atom. The highest BCUT2D eigenvalue weighted by molar-refractivity contribution is 7.25. The van der Waals surface area contributed by atoms with E-state index in [2.05, 4.69) is 195 Å². The van der Waals surface area contributed by atoms with Gasteiger partial charge in [0.15, 0.2) is 0 Å². The lowest BCUT2D eigenvalue weighted by atomic mass is 9.84. The maximum atomic E-state index is 2.42. The zero-order valence-corrected chi connectivity index (χ0v) is 29.9. The molecule has 0 atom stereocenters. The first-order valence-electron chi connectivity index (χ1n) is 17.9. The Balaban J connectivity index is 1.24. The fourth-order valence-electron chi connectivity index (χ4n) is 8.06. The van der Waals surface area contributed by atoms with E-state index in [0.29, 0.717) is 0 Å². The smallest absolute Gasteiger partial charge is 0.0462 e. The highest BCUT2D eigenvalue weighted by atomic mass is 32.1. The molecule has 0 aliphatic heterocycles. The highest BCUT2D eigenvalue weighted by Crippen LogP contribution is 2.49. The second kappa shape index (κ2) is 12.2. The topological polar surface area (TPSA) is 3.24 Å². The van der Waals surface area contributed by atoms with Crippen molar-refractivity contribution in [2.75, 3.05) is 4.90 Å². The van der Waals surface area contributed by atoms with E-state index >= 15 is 0 Å². The second-order valence-electron chi connectivity index (χ2n) is 13.9. The van der Waals surface area contributed by atoms with E-state index in [-0.39, 0.29) is 0 Å². The number of thiophene rings is 1. The molecule has 0 unspecified atom stereocenters. The number of anilines is 3. The number of hydrogen-bond acceptors (Lipinski definition) is 2. The Labute approximate surface area is 307 Å². The maximum Gasteiger partial charge on any atom is 0.0462 e. The molecule has 1 nitrogen and oxygen atoms in total. The van der Waals surface area contributed by atoms with Crippen molar-refractivity contribution < 1.29 is 0 Å². The van der Waals surface area contributed by atoms with Gasteiger partial charge in [0, 0.05) is 37.2 Å². The first-order valence-corrected chi connectivity index (χ1v) is 18.7. The number of rotatable bonds is 5. The van der Waals surface area contributed by atoms with Gasteiger partial charge in [0.1, 0.15) is 0 Å². The van der Waals surface area contributed by atoms with Crippen LogP contribution in [0.4, 0.5) is 17.1 Å². The minimum Gasteiger partial charge on any atom is -0.311 e. The second-order valence-corrected chi connectivity index (χ2v) is 15.0. The summed E-state index contributed by atoms with van der Waals surface area (Å²) >= 11 is 1.88. The summed E-state index contributed by atoms with van der Waals surface area (Å²) in [5.74, 6) is 0. The lowest BCUT2D eigenvalue weighted by Gasteiger charge is -2.26. The van der Waals surface area contributed by atoms with Crippen molar-refractivity contribution in [3.63, 3.8) is 0 Å². The van der Waals surface area contributed by atoms with Crippen LogP contribution in [0.25, 0.3) is 74.7 Å². The number of nitrogens with zero attached hydrogens (tertiary/aromatic N) is 1. The van der Waals surface area contributed by atoms with E-state index in [1.165, 1.54) is 85.9 Å². The predicted molar refractivity (Wildman–Crippen MR) is 227 cm³/mol. The monoisotopic (exact) mass is 681 g/mol. The molecule has 0 spiro atoms. The Morgan fingerprint density at radius 2 is 0.865 bits per heavy atom. The summed E-state index contributed by atoms with van der Waals surface area (Å²) < 4.78 is 2.65. The van der Waals surface area contributed by atoms with Crippen LogP contribution < -0.4 is 4.90 Å². The third kappa shape index (κ3) is 4.98. The molecular weight excluding hydrogens is 647 g/mol. The number of fused-ring (bicyclic) bond motifs is 6. The summed E-state index contributed by atoms with van der Waals surface area (Å²) in [5.41, 5.74) is 11.0. The quantitative estimate of drug-likeness (QED) is 0.163. The summed E-state index contributed by atoms with van der Waals surface area (Å²) in [4.78, 5) is 2.35. The molecule has 0 aliphatic rings. The van der Waals surface area contributed by atoms with Crippen LogP contribution in [0.5, 0.6) is 0 Å². The highest BCUT2D eigenvalue weighted by Gasteiger charge is 2.21. The minimum atomic E-state index is 1.13. The molecule has 10 aromatic rings. The Hall–Kier alpha value is -6.22. The average molecular weight is 682 g/mol. The zero-order valence-electron chi connectivity index (χ0n) is 29.1. The van der Waals surface area contributed by atoms with Gasteiger partial charge in [0.25, 0.3) is 0 Å². The molecular formula is C50H35NS. The van der Waals surface area contributed by atoms with Crippen molar-refractivity contribution in [2.45, 2.75) is 13.8 Å². The third-order valence-electron chi connectivity index (χ3n) is 10.6. The molecule has 246 valence electrons. The summed E-state index contributed by atoms with van der Waals surface area (Å²) in [5, 5.41) is 10.2. The molecule has 10 rings (SSSR count). The standard InChI is InChI=1S/C50H35NS/c1-32-18-24-37(25-19-32)51(38-26-20-33(2)21-27-38)39-28-22-34(23-29-39)48-40-12-5-6-13-41(40)49(45-31-36-11-4-3-10-35(36)30-44(45)48)43-15-9-17-47-50(43)42-14-7-8-16-46(42)52-47/h3-31H,1-2H3. The van der Waals surface area contributed by atoms with Gasteiger partial charge in [-0.2, -0.15) is 0 Å². The molecule has 0 radical (unpaired) electrons. The van der Waals surface area contributed by atoms with E-state index in [0.717, 1.165) is 17.1 Å². The molecule has 0 aliphatic carbocycles. The molecule has 1 heterocycles. The van der Waals surface area contributed by atoms with Gasteiger partial charge in [-0.05, 0) is 129 Å². The van der Waals surface area contributed by atoms with Gasteiger partial charge >= 0.3 is 0 Å². The van der Waals surface area contributed by atoms with E-state index in [4.69, 9.17) is 0 Å². The van der Waals surface area contributed by atoms with Crippen LogP contribution in [-0.4, -0.2) is 0 Å². The van der Waals surface area contributed by atoms with Crippen LogP contribution in [0.2, 0.25) is 0 Å². The molecule has 2 heteroatoms. The first kappa shape index (κ1) is 30.6. The van der Waals surface area contributed by atoms with Gasteiger partial charge in [-0.15, -0.1) is 11.3 Å². The minimum absolute atomic E-state index is 1.13. The van der Waals surface area contributed by atoms with E-state index < -0.39 is 0 Å². The van der Waals surface area contributed by atoms with Gasteiger partial charge in [-0.1, -0.05) is 126 Å². The van der Waals surface area contributed by atoms with Gasteiger partial charge in [-0.25, -0.2) is 0 Å². The van der Waals surface area contributed by atoms with Crippen molar-refractivity contribution in [1.29, 1.82) is 0 Å². The normalized spacial score (nSPS) is 11.7. The Kier molecular flexibility index (Phi) is 7.19. The molecule has 0 saturated heterocycles. The lowest BCUT2D eigenvalue weighted by Crippen LogP contribution is -2.09. The van der Waals surface area contributed by atoms with Crippen molar-refractivity contribution in [1.82, 2.24) is 0 Å². The first-order chi connectivity index (χ1) is 25.6. The largest absolute Gasteiger partial charge is 0.311 e. The van der Waals surface area contributed by atoms with E-state index in [1.54, 1.807) is 0 Å². The van der Waals surface area contributed by atoms with Crippen LogP contribution in [0.1, 0.15) is 11.1 Å². The fourth-order valence-corrected chi connectivity index (χ4v) is 9.19. The molecule has 0 fully saturated rings. The zero-order chi connectivity index (χ0) is 34.8. The van der Waals surface area contributed by atoms with Gasteiger partial charge < -0.3 is 4.90 Å². The molecule has 9 aromatic carbocycles. The van der Waals surface area contributed by atoms with Crippen LogP contribution >= 0.6 is 11.3 Å². The predicted octanol–water partition coefficient (Wildman–Crippen LogP) is 14.9. The Bertz CT molecular complexity index is 2910. The van der Waals surface area contributed by atoms with Crippen molar-refractivity contribution in [2.24, 2.45) is 0 Å². The van der Waals surface area contributed by atoms with Crippen molar-refractivity contribution >= 4 is 80.9 Å². The molecule has 0 amide bonds. The van der Waals surface area contributed by atoms with Crippen molar-refractivity contribution in [3.05, 3.63) is 187 Å². The molecule has 0 N–H and O–H groups in total. The van der Waals surface area contributed by atoms with Crippen LogP contribution in [0.15, 0.2) is 176 Å². The summed E-state index contributed by atoms with van der Waals surface area (Å²) in [6, 6.07) is 65.1. The summed E-state index contributed by atoms with van der Waals surface area (Å²) in [6.07, 6.45) is 0. The maximum absolute atomic E-state index is 2.42. The number of hydrogen-bond donors (Lipinski definition) is 0. The Morgan fingerprint density at radius 3 is 1.48 bits per heavy atom. The molecule has 0 bridgehead atoms. The molecule has 1 aromatic heterocycles. The van der Waals surface area contributed by atoms with Gasteiger partial charge in [-0.3, -0.25) is 0 Å². The van der Waals surface area contributed by atoms with Gasteiger partial charge in [0.2, 0.25) is 0 Å². The van der Waals surface area contributed by atoms with Crippen molar-refractivity contribution in [3.8, 4) is 22.3 Å². The molecule has 0 saturated carbocycles. The average Bonchev–Trinajstić information content (AvgIpc) is 3.57. The number of aryl methyl sites for hydroxylation is 2. The lowest BCUT2D eigenvalue weighted by molar-refractivity contribution is 1.27. The van der Waals surface area contributed by atoms with Crippen LogP contribution in [0, 0.1) is 13.8 Å². The summed E-state index contributed by atoms with van der Waals surface area (Å²) in [7, 11) is 0. The fraction of sp³-hybridized carbons (Fsp3) is 0.0400.